The van der Waals surface area contributed by atoms with Gasteiger partial charge >= 0.3 is 0 Å². The van der Waals surface area contributed by atoms with Crippen molar-refractivity contribution in [1.82, 2.24) is 4.98 Å². The molecule has 0 unspecified atom stereocenters. The van der Waals surface area contributed by atoms with Gasteiger partial charge in [-0.1, -0.05) is 135 Å². The summed E-state index contributed by atoms with van der Waals surface area (Å²) in [6.07, 6.45) is 3.96. The molecule has 0 spiro atoms. The lowest BCUT2D eigenvalue weighted by Crippen LogP contribution is -2.15. The lowest BCUT2D eigenvalue weighted by Gasteiger charge is -2.32. The van der Waals surface area contributed by atoms with Crippen molar-refractivity contribution in [3.63, 3.8) is 0 Å². The third kappa shape index (κ3) is 4.56. The van der Waals surface area contributed by atoms with E-state index in [1.807, 2.05) is 12.4 Å². The molecule has 0 amide bonds. The number of fused-ring (bicyclic) bond motifs is 8. The topological polar surface area (TPSA) is 16.1 Å². The molecule has 11 rings (SSSR count). The minimum atomic E-state index is -0.133. The van der Waals surface area contributed by atoms with Gasteiger partial charge in [-0.05, 0) is 126 Å². The summed E-state index contributed by atoms with van der Waals surface area (Å²) in [6, 6.07) is 62.8. The van der Waals surface area contributed by atoms with Gasteiger partial charge in [0, 0.05) is 28.4 Å². The van der Waals surface area contributed by atoms with Crippen molar-refractivity contribution in [2.75, 3.05) is 4.90 Å². The van der Waals surface area contributed by atoms with Gasteiger partial charge < -0.3 is 4.90 Å². The van der Waals surface area contributed by atoms with Crippen LogP contribution in [0.15, 0.2) is 182 Å². The summed E-state index contributed by atoms with van der Waals surface area (Å²) in [6.45, 7) is 4.75. The average Bonchev–Trinajstić information content (AvgIpc) is 3.44. The molecule has 8 aromatic carbocycles. The highest BCUT2D eigenvalue weighted by Crippen LogP contribution is 2.53. The minimum absolute atomic E-state index is 0.133. The van der Waals surface area contributed by atoms with E-state index in [0.29, 0.717) is 0 Å². The zero-order chi connectivity index (χ0) is 36.0. The Hall–Kier alpha value is -6.77. The summed E-state index contributed by atoms with van der Waals surface area (Å²) in [4.78, 5) is 7.19. The molecule has 0 saturated carbocycles. The van der Waals surface area contributed by atoms with Crippen LogP contribution < -0.4 is 4.90 Å². The smallest absolute Gasteiger partial charge is 0.0723 e. The van der Waals surface area contributed by atoms with Crippen molar-refractivity contribution >= 4 is 38.6 Å². The molecule has 0 radical (unpaired) electrons. The van der Waals surface area contributed by atoms with Crippen molar-refractivity contribution < 1.29 is 0 Å². The highest BCUT2D eigenvalue weighted by atomic mass is 15.2. The monoisotopic (exact) mass is 688 g/mol. The van der Waals surface area contributed by atoms with Gasteiger partial charge in [-0.2, -0.15) is 0 Å². The lowest BCUT2D eigenvalue weighted by molar-refractivity contribution is 0.661. The molecule has 254 valence electrons. The Kier molecular flexibility index (Phi) is 6.63. The number of pyridine rings is 1. The third-order valence-electron chi connectivity index (χ3n) is 11.8. The van der Waals surface area contributed by atoms with Crippen LogP contribution in [0.1, 0.15) is 25.0 Å². The van der Waals surface area contributed by atoms with Gasteiger partial charge in [0.25, 0.3) is 0 Å². The second-order valence-corrected chi connectivity index (χ2v) is 15.2. The lowest BCUT2D eigenvalue weighted by atomic mass is 9.81. The van der Waals surface area contributed by atoms with E-state index in [9.17, 15) is 0 Å². The maximum absolute atomic E-state index is 4.75. The number of para-hydroxylation sites is 1. The SMILES string of the molecule is CC1(C)c2cc(-c3cc(-c4ccccc4)cc(N4c5ccccc5-c5cccc6cccc(c56)-c5ccncc54)c3)ccc2-c2cc3ccccc3cc21. The van der Waals surface area contributed by atoms with Crippen molar-refractivity contribution in [3.8, 4) is 55.6 Å². The number of hydrogen-bond donors (Lipinski definition) is 0. The van der Waals surface area contributed by atoms with Crippen molar-refractivity contribution in [2.45, 2.75) is 19.3 Å². The number of benzene rings is 8. The molecule has 0 atom stereocenters. The van der Waals surface area contributed by atoms with E-state index in [-0.39, 0.29) is 5.41 Å². The molecule has 2 aliphatic rings. The van der Waals surface area contributed by atoms with Gasteiger partial charge in [0.2, 0.25) is 0 Å². The molecular weight excluding hydrogens is 653 g/mol. The van der Waals surface area contributed by atoms with Crippen molar-refractivity contribution in [3.05, 3.63) is 193 Å². The van der Waals surface area contributed by atoms with Crippen LogP contribution >= 0.6 is 0 Å². The molecule has 2 heteroatoms. The van der Waals surface area contributed by atoms with Gasteiger partial charge in [0.1, 0.15) is 0 Å². The molecule has 0 saturated heterocycles. The highest BCUT2D eigenvalue weighted by molar-refractivity contribution is 6.12. The fourth-order valence-electron chi connectivity index (χ4n) is 9.19. The second-order valence-electron chi connectivity index (χ2n) is 15.2. The number of nitrogens with zero attached hydrogens (tertiary/aromatic N) is 2. The highest BCUT2D eigenvalue weighted by Gasteiger charge is 2.36. The molecule has 9 aromatic rings. The van der Waals surface area contributed by atoms with Gasteiger partial charge in [-0.3, -0.25) is 4.98 Å². The molecular formula is C52H36N2. The summed E-state index contributed by atoms with van der Waals surface area (Å²) in [5.74, 6) is 0. The van der Waals surface area contributed by atoms with E-state index >= 15 is 0 Å². The van der Waals surface area contributed by atoms with Crippen LogP contribution in [0.2, 0.25) is 0 Å². The first-order valence-electron chi connectivity index (χ1n) is 18.8. The number of aromatic nitrogens is 1. The number of hydrogen-bond acceptors (Lipinski definition) is 2. The van der Waals surface area contributed by atoms with Crippen LogP contribution in [0.25, 0.3) is 77.2 Å². The van der Waals surface area contributed by atoms with E-state index in [2.05, 4.69) is 189 Å². The Morgan fingerprint density at radius 3 is 1.83 bits per heavy atom. The largest absolute Gasteiger partial charge is 0.308 e. The zero-order valence-electron chi connectivity index (χ0n) is 30.2. The first-order valence-corrected chi connectivity index (χ1v) is 18.8. The summed E-state index contributed by atoms with van der Waals surface area (Å²) < 4.78 is 0. The Labute approximate surface area is 315 Å². The van der Waals surface area contributed by atoms with Gasteiger partial charge in [0.05, 0.1) is 17.6 Å². The first kappa shape index (κ1) is 30.8. The fraction of sp³-hybridized carbons (Fsp3) is 0.0577. The van der Waals surface area contributed by atoms with Crippen LogP contribution in [0.5, 0.6) is 0 Å². The van der Waals surface area contributed by atoms with E-state index in [1.165, 1.54) is 82.7 Å². The summed E-state index contributed by atoms with van der Waals surface area (Å²) >= 11 is 0. The molecule has 2 heterocycles. The van der Waals surface area contributed by atoms with E-state index < -0.39 is 0 Å². The number of rotatable bonds is 3. The molecule has 0 fully saturated rings. The molecule has 2 nitrogen and oxygen atoms in total. The van der Waals surface area contributed by atoms with Crippen LogP contribution in [0.3, 0.4) is 0 Å². The predicted octanol–water partition coefficient (Wildman–Crippen LogP) is 14.1. The first-order chi connectivity index (χ1) is 26.5. The van der Waals surface area contributed by atoms with E-state index in [0.717, 1.165) is 22.6 Å². The third-order valence-corrected chi connectivity index (χ3v) is 11.8. The van der Waals surface area contributed by atoms with Crippen molar-refractivity contribution in [2.24, 2.45) is 0 Å². The summed E-state index contributed by atoms with van der Waals surface area (Å²) in [5, 5.41) is 5.08. The Balaban J connectivity index is 1.16. The summed E-state index contributed by atoms with van der Waals surface area (Å²) in [7, 11) is 0. The fourth-order valence-corrected chi connectivity index (χ4v) is 9.19. The zero-order valence-corrected chi connectivity index (χ0v) is 30.2. The van der Waals surface area contributed by atoms with Gasteiger partial charge in [-0.15, -0.1) is 0 Å². The maximum atomic E-state index is 4.75. The normalized spacial score (nSPS) is 13.5. The Bertz CT molecular complexity index is 2890. The van der Waals surface area contributed by atoms with Gasteiger partial charge in [0.15, 0.2) is 0 Å². The van der Waals surface area contributed by atoms with Crippen molar-refractivity contribution in [1.29, 1.82) is 0 Å². The predicted molar refractivity (Wildman–Crippen MR) is 227 cm³/mol. The quantitative estimate of drug-likeness (QED) is 0.184. The minimum Gasteiger partial charge on any atom is -0.308 e. The van der Waals surface area contributed by atoms with Crippen LogP contribution in [-0.4, -0.2) is 4.98 Å². The van der Waals surface area contributed by atoms with Gasteiger partial charge in [-0.25, -0.2) is 0 Å². The Morgan fingerprint density at radius 2 is 1.04 bits per heavy atom. The maximum Gasteiger partial charge on any atom is 0.0723 e. The van der Waals surface area contributed by atoms with Crippen LogP contribution in [0, 0.1) is 0 Å². The van der Waals surface area contributed by atoms with Crippen LogP contribution in [0.4, 0.5) is 17.1 Å². The summed E-state index contributed by atoms with van der Waals surface area (Å²) in [5.41, 5.74) is 18.1. The van der Waals surface area contributed by atoms with E-state index in [4.69, 9.17) is 4.98 Å². The van der Waals surface area contributed by atoms with E-state index in [1.54, 1.807) is 0 Å². The molecule has 0 bridgehead atoms. The molecule has 54 heavy (non-hydrogen) atoms. The molecule has 1 aromatic heterocycles. The average molecular weight is 689 g/mol. The van der Waals surface area contributed by atoms with Crippen LogP contribution in [-0.2, 0) is 5.41 Å². The standard InChI is InChI=1S/C52H36N2/c1-52(2)47-31-37(22-23-41(47)46-29-35-14-6-7-15-36(35)30-48(46)52)39-26-38(33-12-4-3-5-13-33)27-40(28-39)54-49-21-9-8-18-42(49)44-19-10-16-34-17-11-20-45(51(34)44)43-24-25-53-32-50(43)54/h3-32H,1-2H3. The molecule has 0 N–H and O–H groups in total. The molecule has 1 aliphatic carbocycles. The second kappa shape index (κ2) is 11.6. The molecule has 1 aliphatic heterocycles. The Morgan fingerprint density at radius 1 is 0.407 bits per heavy atom. The number of anilines is 3.